The first-order valence-corrected chi connectivity index (χ1v) is 10.8. The van der Waals surface area contributed by atoms with Gasteiger partial charge in [0, 0.05) is 38.4 Å². The molecule has 0 atom stereocenters. The van der Waals surface area contributed by atoms with Crippen LogP contribution in [0.25, 0.3) is 21.7 Å². The number of unbranched alkanes of at least 4 members (excludes halogenated alkanes) is 1. The second-order valence-corrected chi connectivity index (χ2v) is 8.40. The molecule has 1 fully saturated rings. The second-order valence-electron chi connectivity index (χ2n) is 7.37. The molecule has 0 unspecified atom stereocenters. The van der Waals surface area contributed by atoms with Crippen molar-refractivity contribution in [3.63, 3.8) is 0 Å². The first-order chi connectivity index (χ1) is 13.7. The summed E-state index contributed by atoms with van der Waals surface area (Å²) in [5.74, 6) is 0.0115. The molecular weight excluding hydrogens is 372 g/mol. The maximum Gasteiger partial charge on any atom is 0.265 e. The summed E-state index contributed by atoms with van der Waals surface area (Å²) < 4.78 is 5.60. The number of benzene rings is 1. The minimum absolute atomic E-state index is 0.0115. The lowest BCUT2D eigenvalue weighted by Gasteiger charge is -2.28. The van der Waals surface area contributed by atoms with Crippen LogP contribution in [0.3, 0.4) is 0 Å². The predicted molar refractivity (Wildman–Crippen MR) is 113 cm³/mol. The van der Waals surface area contributed by atoms with Crippen molar-refractivity contribution in [2.24, 2.45) is 0 Å². The molecule has 148 valence electrons. The van der Waals surface area contributed by atoms with Crippen LogP contribution in [0.4, 0.5) is 5.69 Å². The van der Waals surface area contributed by atoms with Crippen molar-refractivity contribution in [2.45, 2.75) is 39.0 Å². The fourth-order valence-electron chi connectivity index (χ4n) is 3.60. The van der Waals surface area contributed by atoms with Crippen LogP contribution in [0.2, 0.25) is 0 Å². The van der Waals surface area contributed by atoms with Crippen molar-refractivity contribution >= 4 is 33.9 Å². The molecule has 0 saturated carbocycles. The summed E-state index contributed by atoms with van der Waals surface area (Å²) in [6, 6.07) is 6.25. The maximum atomic E-state index is 12.6. The standard InChI is InChI=1S/C21H26N4O2S/c1-3-4-10-24(2)21(26)18-14-22-20(28-18)19-16-9-8-15(13-17(16)27-23-19)25-11-6-5-7-12-25/h8-9,13-14H,3-7,10-12H2,1-2H3. The molecule has 1 amide bonds. The molecule has 0 N–H and O–H groups in total. The fraction of sp³-hybridized carbons (Fsp3) is 0.476. The van der Waals surface area contributed by atoms with Gasteiger partial charge >= 0.3 is 0 Å². The van der Waals surface area contributed by atoms with Crippen molar-refractivity contribution in [1.82, 2.24) is 15.0 Å². The maximum absolute atomic E-state index is 12.6. The van der Waals surface area contributed by atoms with Crippen molar-refractivity contribution in [1.29, 1.82) is 0 Å². The van der Waals surface area contributed by atoms with E-state index in [1.807, 2.05) is 7.05 Å². The highest BCUT2D eigenvalue weighted by atomic mass is 32.1. The average Bonchev–Trinajstić information content (AvgIpc) is 3.38. The number of thiazole rings is 1. The number of piperidine rings is 1. The average molecular weight is 399 g/mol. The summed E-state index contributed by atoms with van der Waals surface area (Å²) in [6.07, 6.45) is 7.50. The van der Waals surface area contributed by atoms with Crippen LogP contribution in [0, 0.1) is 0 Å². The molecule has 0 bridgehead atoms. The van der Waals surface area contributed by atoms with Gasteiger partial charge in [-0.2, -0.15) is 0 Å². The lowest BCUT2D eigenvalue weighted by Crippen LogP contribution is -2.29. The number of hydrogen-bond acceptors (Lipinski definition) is 6. The number of rotatable bonds is 6. The highest BCUT2D eigenvalue weighted by molar-refractivity contribution is 7.17. The number of hydrogen-bond donors (Lipinski definition) is 0. The summed E-state index contributed by atoms with van der Waals surface area (Å²) in [6.45, 7) is 5.07. The first kappa shape index (κ1) is 18.9. The van der Waals surface area contributed by atoms with Gasteiger partial charge in [0.15, 0.2) is 5.58 Å². The highest BCUT2D eigenvalue weighted by Crippen LogP contribution is 2.33. The predicted octanol–water partition coefficient (Wildman–Crippen LogP) is 4.81. The van der Waals surface area contributed by atoms with E-state index in [1.165, 1.54) is 36.3 Å². The number of carbonyl (C=O) groups is 1. The molecule has 1 aromatic carbocycles. The largest absolute Gasteiger partial charge is 0.371 e. The molecule has 1 aliphatic rings. The number of nitrogens with zero attached hydrogens (tertiary/aromatic N) is 4. The zero-order valence-electron chi connectivity index (χ0n) is 16.5. The molecule has 0 spiro atoms. The van der Waals surface area contributed by atoms with E-state index < -0.39 is 0 Å². The lowest BCUT2D eigenvalue weighted by atomic mass is 10.1. The van der Waals surface area contributed by atoms with E-state index in [1.54, 1.807) is 11.1 Å². The summed E-state index contributed by atoms with van der Waals surface area (Å²) in [5, 5.41) is 5.91. The van der Waals surface area contributed by atoms with Gasteiger partial charge in [0.2, 0.25) is 0 Å². The van der Waals surface area contributed by atoms with Gasteiger partial charge in [0.25, 0.3) is 5.91 Å². The van der Waals surface area contributed by atoms with E-state index in [9.17, 15) is 4.79 Å². The smallest absolute Gasteiger partial charge is 0.265 e. The molecule has 2 aromatic heterocycles. The van der Waals surface area contributed by atoms with Crippen molar-refractivity contribution < 1.29 is 9.32 Å². The van der Waals surface area contributed by atoms with Crippen LogP contribution in [0.15, 0.2) is 28.9 Å². The third-order valence-electron chi connectivity index (χ3n) is 5.29. The Morgan fingerprint density at radius 1 is 1.29 bits per heavy atom. The van der Waals surface area contributed by atoms with E-state index in [2.05, 4.69) is 40.2 Å². The van der Waals surface area contributed by atoms with Crippen LogP contribution in [0.1, 0.15) is 48.7 Å². The number of amides is 1. The van der Waals surface area contributed by atoms with Gasteiger partial charge in [-0.05, 0) is 37.8 Å². The molecule has 1 saturated heterocycles. The van der Waals surface area contributed by atoms with Crippen LogP contribution in [-0.4, -0.2) is 47.6 Å². The molecule has 6 nitrogen and oxygen atoms in total. The molecular formula is C21H26N4O2S. The van der Waals surface area contributed by atoms with Crippen LogP contribution in [-0.2, 0) is 0 Å². The van der Waals surface area contributed by atoms with Gasteiger partial charge in [-0.25, -0.2) is 4.98 Å². The van der Waals surface area contributed by atoms with Gasteiger partial charge in [-0.3, -0.25) is 4.79 Å². The summed E-state index contributed by atoms with van der Waals surface area (Å²) >= 11 is 1.37. The Morgan fingerprint density at radius 3 is 2.89 bits per heavy atom. The summed E-state index contributed by atoms with van der Waals surface area (Å²) in [7, 11) is 1.84. The fourth-order valence-corrected chi connectivity index (χ4v) is 4.50. The Bertz CT molecular complexity index is 958. The third-order valence-corrected chi connectivity index (χ3v) is 6.28. The number of fused-ring (bicyclic) bond motifs is 1. The van der Waals surface area contributed by atoms with E-state index in [-0.39, 0.29) is 5.91 Å². The van der Waals surface area contributed by atoms with E-state index in [4.69, 9.17) is 4.52 Å². The van der Waals surface area contributed by atoms with Gasteiger partial charge in [0.05, 0.1) is 11.6 Å². The Balaban J connectivity index is 1.56. The first-order valence-electron chi connectivity index (χ1n) is 10.0. The minimum atomic E-state index is 0.0115. The Morgan fingerprint density at radius 2 is 2.11 bits per heavy atom. The van der Waals surface area contributed by atoms with Gasteiger partial charge < -0.3 is 14.3 Å². The molecule has 3 heterocycles. The zero-order valence-corrected chi connectivity index (χ0v) is 17.3. The monoisotopic (exact) mass is 398 g/mol. The Labute approximate surface area is 169 Å². The number of aromatic nitrogens is 2. The highest BCUT2D eigenvalue weighted by Gasteiger charge is 2.20. The Kier molecular flexibility index (Phi) is 5.62. The minimum Gasteiger partial charge on any atom is -0.371 e. The number of anilines is 1. The lowest BCUT2D eigenvalue weighted by molar-refractivity contribution is 0.0798. The van der Waals surface area contributed by atoms with Crippen LogP contribution >= 0.6 is 11.3 Å². The van der Waals surface area contributed by atoms with Crippen molar-refractivity contribution in [3.05, 3.63) is 29.3 Å². The van der Waals surface area contributed by atoms with Gasteiger partial charge in [-0.15, -0.1) is 11.3 Å². The molecule has 0 aliphatic carbocycles. The SMILES string of the molecule is CCCCN(C)C(=O)c1cnc(-c2noc3cc(N4CCCCC4)ccc23)s1. The summed E-state index contributed by atoms with van der Waals surface area (Å²) in [5.41, 5.74) is 2.66. The quantitative estimate of drug-likeness (QED) is 0.596. The molecule has 4 rings (SSSR count). The Hall–Kier alpha value is -2.41. The van der Waals surface area contributed by atoms with Gasteiger partial charge in [-0.1, -0.05) is 18.5 Å². The van der Waals surface area contributed by atoms with E-state index in [0.717, 1.165) is 48.5 Å². The van der Waals surface area contributed by atoms with Crippen LogP contribution in [0.5, 0.6) is 0 Å². The van der Waals surface area contributed by atoms with Crippen molar-refractivity contribution in [2.75, 3.05) is 31.6 Å². The zero-order chi connectivity index (χ0) is 19.5. The van der Waals surface area contributed by atoms with E-state index in [0.29, 0.717) is 10.6 Å². The second kappa shape index (κ2) is 8.31. The van der Waals surface area contributed by atoms with E-state index >= 15 is 0 Å². The molecule has 3 aromatic rings. The van der Waals surface area contributed by atoms with Crippen molar-refractivity contribution in [3.8, 4) is 10.7 Å². The molecule has 1 aliphatic heterocycles. The molecule has 0 radical (unpaired) electrons. The van der Waals surface area contributed by atoms with Crippen LogP contribution < -0.4 is 4.90 Å². The molecule has 28 heavy (non-hydrogen) atoms. The normalized spacial score (nSPS) is 14.6. The number of carbonyl (C=O) groups excluding carboxylic acids is 1. The molecule has 7 heteroatoms. The van der Waals surface area contributed by atoms with Gasteiger partial charge in [0.1, 0.15) is 15.6 Å². The third kappa shape index (κ3) is 3.76. The summed E-state index contributed by atoms with van der Waals surface area (Å²) in [4.78, 5) is 21.8. The topological polar surface area (TPSA) is 62.5 Å².